The molecule has 1 N–H and O–H groups in total. The Kier molecular flexibility index (Phi) is 5.72. The van der Waals surface area contributed by atoms with E-state index in [-0.39, 0.29) is 25.1 Å². The van der Waals surface area contributed by atoms with Gasteiger partial charge in [0.2, 0.25) is 6.79 Å². The van der Waals surface area contributed by atoms with Crippen molar-refractivity contribution in [3.8, 4) is 11.5 Å². The van der Waals surface area contributed by atoms with Crippen molar-refractivity contribution in [3.63, 3.8) is 0 Å². The van der Waals surface area contributed by atoms with Crippen molar-refractivity contribution in [2.75, 3.05) is 34.0 Å². The van der Waals surface area contributed by atoms with Gasteiger partial charge in [0, 0.05) is 25.7 Å². The van der Waals surface area contributed by atoms with Gasteiger partial charge in [0.05, 0.1) is 5.02 Å². The Bertz CT molecular complexity index is 469. The van der Waals surface area contributed by atoms with Crippen LogP contribution >= 0.6 is 24.0 Å². The molecule has 1 amide bonds. The molecule has 0 unspecified atom stereocenters. The number of fused-ring (bicyclic) bond motifs is 1. The molecule has 1 aromatic rings. The van der Waals surface area contributed by atoms with Crippen LogP contribution in [0.3, 0.4) is 0 Å². The van der Waals surface area contributed by atoms with E-state index in [1.54, 1.807) is 24.1 Å². The lowest BCUT2D eigenvalue weighted by molar-refractivity contribution is 0.0796. The molecule has 0 fully saturated rings. The summed E-state index contributed by atoms with van der Waals surface area (Å²) in [4.78, 5) is 13.8. The van der Waals surface area contributed by atoms with Crippen LogP contribution in [-0.4, -0.2) is 44.8 Å². The molecule has 0 bridgehead atoms. The van der Waals surface area contributed by atoms with Gasteiger partial charge in [0.1, 0.15) is 0 Å². The first-order valence-electron chi connectivity index (χ1n) is 5.62. The van der Waals surface area contributed by atoms with Crippen LogP contribution in [0.25, 0.3) is 0 Å². The molecule has 0 saturated carbocycles. The molecule has 1 heterocycles. The highest BCUT2D eigenvalue weighted by Crippen LogP contribution is 2.39. The molecule has 0 radical (unpaired) electrons. The number of rotatable bonds is 4. The minimum atomic E-state index is -0.0922. The number of carbonyl (C=O) groups excluding carboxylic acids is 1. The SMILES string of the molecule is CNCCN(C)C(=O)c1cc(Cl)c2c(c1)OCO2.Cl. The number of benzene rings is 1. The maximum Gasteiger partial charge on any atom is 0.253 e. The number of halogens is 2. The number of hydrogen-bond acceptors (Lipinski definition) is 4. The van der Waals surface area contributed by atoms with Crippen molar-refractivity contribution < 1.29 is 14.3 Å². The highest BCUT2D eigenvalue weighted by molar-refractivity contribution is 6.32. The second kappa shape index (κ2) is 6.84. The van der Waals surface area contributed by atoms with Gasteiger partial charge >= 0.3 is 0 Å². The first kappa shape index (κ1) is 15.9. The summed E-state index contributed by atoms with van der Waals surface area (Å²) in [5.74, 6) is 0.935. The molecular weight excluding hydrogens is 291 g/mol. The average Bonchev–Trinajstić information content (AvgIpc) is 2.83. The normalized spacial score (nSPS) is 11.9. The zero-order chi connectivity index (χ0) is 13.1. The van der Waals surface area contributed by atoms with Gasteiger partial charge in [-0.05, 0) is 19.2 Å². The van der Waals surface area contributed by atoms with Gasteiger partial charge in [0.25, 0.3) is 5.91 Å². The van der Waals surface area contributed by atoms with Gasteiger partial charge in [-0.15, -0.1) is 12.4 Å². The summed E-state index contributed by atoms with van der Waals surface area (Å²) < 4.78 is 10.4. The van der Waals surface area contributed by atoms with Gasteiger partial charge in [-0.3, -0.25) is 4.79 Å². The zero-order valence-corrected chi connectivity index (χ0v) is 12.3. The van der Waals surface area contributed by atoms with Crippen molar-refractivity contribution in [1.82, 2.24) is 10.2 Å². The summed E-state index contributed by atoms with van der Waals surface area (Å²) in [5, 5.41) is 3.39. The van der Waals surface area contributed by atoms with Crippen LogP contribution in [0.15, 0.2) is 12.1 Å². The van der Waals surface area contributed by atoms with Gasteiger partial charge in [-0.1, -0.05) is 11.6 Å². The lowest BCUT2D eigenvalue weighted by Crippen LogP contribution is -2.32. The van der Waals surface area contributed by atoms with Crippen molar-refractivity contribution >= 4 is 29.9 Å². The number of nitrogens with zero attached hydrogens (tertiary/aromatic N) is 1. The number of likely N-dealkylation sites (N-methyl/N-ethyl adjacent to an activating group) is 2. The predicted molar refractivity (Wildman–Crippen MR) is 75.7 cm³/mol. The molecule has 19 heavy (non-hydrogen) atoms. The van der Waals surface area contributed by atoms with Crippen molar-refractivity contribution in [2.24, 2.45) is 0 Å². The van der Waals surface area contributed by atoms with E-state index < -0.39 is 0 Å². The van der Waals surface area contributed by atoms with Gasteiger partial charge in [-0.25, -0.2) is 0 Å². The van der Waals surface area contributed by atoms with E-state index in [1.165, 1.54) is 0 Å². The zero-order valence-electron chi connectivity index (χ0n) is 10.7. The van der Waals surface area contributed by atoms with Crippen LogP contribution in [0.2, 0.25) is 5.02 Å². The van der Waals surface area contributed by atoms with E-state index in [4.69, 9.17) is 21.1 Å². The first-order chi connectivity index (χ1) is 8.63. The third-order valence-corrected chi connectivity index (χ3v) is 3.00. The smallest absolute Gasteiger partial charge is 0.253 e. The highest BCUT2D eigenvalue weighted by Gasteiger charge is 2.21. The average molecular weight is 307 g/mol. The molecule has 0 saturated heterocycles. The van der Waals surface area contributed by atoms with Crippen LogP contribution in [0, 0.1) is 0 Å². The van der Waals surface area contributed by atoms with Gasteiger partial charge < -0.3 is 19.7 Å². The van der Waals surface area contributed by atoms with Crippen molar-refractivity contribution in [1.29, 1.82) is 0 Å². The summed E-state index contributed by atoms with van der Waals surface area (Å²) in [6.45, 7) is 1.50. The molecule has 5 nitrogen and oxygen atoms in total. The van der Waals surface area contributed by atoms with E-state index in [9.17, 15) is 4.79 Å². The molecular formula is C12H16Cl2N2O3. The van der Waals surface area contributed by atoms with Crippen LogP contribution in [0.1, 0.15) is 10.4 Å². The van der Waals surface area contributed by atoms with Crippen LogP contribution < -0.4 is 14.8 Å². The first-order valence-corrected chi connectivity index (χ1v) is 6.00. The van der Waals surface area contributed by atoms with E-state index in [1.807, 2.05) is 7.05 Å². The summed E-state index contributed by atoms with van der Waals surface area (Å²) >= 11 is 6.04. The molecule has 1 aliphatic rings. The Morgan fingerprint density at radius 2 is 2.21 bits per heavy atom. The number of carbonyl (C=O) groups is 1. The Labute approximate surface area is 123 Å². The second-order valence-electron chi connectivity index (χ2n) is 4.02. The molecule has 1 aliphatic heterocycles. The Balaban J connectivity index is 0.00000180. The lowest BCUT2D eigenvalue weighted by atomic mass is 10.1. The van der Waals surface area contributed by atoms with E-state index >= 15 is 0 Å². The number of ether oxygens (including phenoxy) is 2. The van der Waals surface area contributed by atoms with Gasteiger partial charge in [0.15, 0.2) is 11.5 Å². The van der Waals surface area contributed by atoms with E-state index in [0.29, 0.717) is 28.6 Å². The Hall–Kier alpha value is -1.17. The minimum absolute atomic E-state index is 0. The number of hydrogen-bond donors (Lipinski definition) is 1. The summed E-state index contributed by atoms with van der Waals surface area (Å²) in [6, 6.07) is 3.26. The third kappa shape index (κ3) is 3.43. The molecule has 0 atom stereocenters. The molecule has 0 aliphatic carbocycles. The monoisotopic (exact) mass is 306 g/mol. The molecule has 7 heteroatoms. The highest BCUT2D eigenvalue weighted by atomic mass is 35.5. The fourth-order valence-corrected chi connectivity index (χ4v) is 1.96. The predicted octanol–water partition coefficient (Wildman–Crippen LogP) is 1.78. The molecule has 0 aromatic heterocycles. The largest absolute Gasteiger partial charge is 0.454 e. The van der Waals surface area contributed by atoms with Gasteiger partial charge in [-0.2, -0.15) is 0 Å². The number of nitrogens with one attached hydrogen (secondary N) is 1. The lowest BCUT2D eigenvalue weighted by Gasteiger charge is -2.17. The summed E-state index contributed by atoms with van der Waals surface area (Å²) in [5.41, 5.74) is 0.503. The Morgan fingerprint density at radius 1 is 1.47 bits per heavy atom. The standard InChI is InChI=1S/C12H15ClN2O3.ClH/c1-14-3-4-15(2)12(16)8-5-9(13)11-10(6-8)17-7-18-11;/h5-6,14H,3-4,7H2,1-2H3;1H. The quantitative estimate of drug-likeness (QED) is 0.921. The van der Waals surface area contributed by atoms with E-state index in [2.05, 4.69) is 5.32 Å². The minimum Gasteiger partial charge on any atom is -0.454 e. The fraction of sp³-hybridized carbons (Fsp3) is 0.417. The van der Waals surface area contributed by atoms with Crippen LogP contribution in [0.4, 0.5) is 0 Å². The third-order valence-electron chi connectivity index (χ3n) is 2.72. The number of amides is 1. The molecule has 2 rings (SSSR count). The molecule has 106 valence electrons. The van der Waals surface area contributed by atoms with Crippen LogP contribution in [0.5, 0.6) is 11.5 Å². The van der Waals surface area contributed by atoms with Crippen molar-refractivity contribution in [3.05, 3.63) is 22.7 Å². The maximum atomic E-state index is 12.1. The van der Waals surface area contributed by atoms with Crippen LogP contribution in [-0.2, 0) is 0 Å². The van der Waals surface area contributed by atoms with E-state index in [0.717, 1.165) is 6.54 Å². The fourth-order valence-electron chi connectivity index (χ4n) is 1.69. The summed E-state index contributed by atoms with van der Waals surface area (Å²) in [7, 11) is 3.59. The second-order valence-corrected chi connectivity index (χ2v) is 4.43. The molecule has 0 spiro atoms. The van der Waals surface area contributed by atoms with Crippen molar-refractivity contribution in [2.45, 2.75) is 0 Å². The topological polar surface area (TPSA) is 50.8 Å². The molecule has 1 aromatic carbocycles. The Morgan fingerprint density at radius 3 is 2.89 bits per heavy atom. The summed E-state index contributed by atoms with van der Waals surface area (Å²) in [6.07, 6.45) is 0. The maximum absolute atomic E-state index is 12.1.